The van der Waals surface area contributed by atoms with Crippen LogP contribution in [0.5, 0.6) is 5.75 Å². The van der Waals surface area contributed by atoms with E-state index in [0.29, 0.717) is 31.9 Å². The number of benzene rings is 1. The summed E-state index contributed by atoms with van der Waals surface area (Å²) in [4.78, 5) is 32.5. The number of allylic oxidation sites excluding steroid dienone is 1. The minimum absolute atomic E-state index is 0.0981. The molecule has 11 heteroatoms. The van der Waals surface area contributed by atoms with Crippen LogP contribution in [0.1, 0.15) is 30.3 Å². The molecule has 0 amide bonds. The quantitative estimate of drug-likeness (QED) is 0.285. The van der Waals surface area contributed by atoms with Crippen LogP contribution in [0.4, 0.5) is 0 Å². The Balaban J connectivity index is 1.94. The lowest BCUT2D eigenvalue weighted by Crippen LogP contribution is -2.39. The number of nitriles is 1. The molecule has 0 N–H and O–H groups in total. The fourth-order valence-electron chi connectivity index (χ4n) is 3.59. The number of hydrogen-bond acceptors (Lipinski definition) is 8. The number of nitrogens with zero attached hydrogens (tertiary/aromatic N) is 3. The lowest BCUT2D eigenvalue weighted by Gasteiger charge is -2.23. The third kappa shape index (κ3) is 4.86. The average Bonchev–Trinajstić information content (AvgIpc) is 3.41. The van der Waals surface area contributed by atoms with E-state index in [4.69, 9.17) is 14.7 Å². The molecule has 4 rings (SSSR count). The lowest BCUT2D eigenvalue weighted by atomic mass is 10.0. The fraction of sp³-hybridized carbons (Fsp3) is 0.217. The maximum Gasteiger partial charge on any atom is 0.338 e. The van der Waals surface area contributed by atoms with E-state index in [0.717, 1.165) is 12.0 Å². The minimum atomic E-state index is -0.609. The van der Waals surface area contributed by atoms with Crippen molar-refractivity contribution in [1.29, 1.82) is 5.26 Å². The normalized spacial score (nSPS) is 15.5. The summed E-state index contributed by atoms with van der Waals surface area (Å²) in [6, 6.07) is 9.01. The number of carbonyl (C=O) groups excluding carboxylic acids is 1. The third-order valence-corrected chi connectivity index (χ3v) is 8.27. The number of hydrogen-bond donors (Lipinski definition) is 0. The summed E-state index contributed by atoms with van der Waals surface area (Å²) < 4.78 is 14.8. The number of aromatic nitrogens is 1. The monoisotopic (exact) mass is 717 g/mol. The molecule has 3 heterocycles. The Bertz CT molecular complexity index is 1510. The van der Waals surface area contributed by atoms with Gasteiger partial charge in [0.2, 0.25) is 0 Å². The number of carbonyl (C=O) groups is 1. The van der Waals surface area contributed by atoms with E-state index in [-0.39, 0.29) is 18.8 Å². The van der Waals surface area contributed by atoms with Crippen LogP contribution in [-0.4, -0.2) is 23.8 Å². The first-order chi connectivity index (χ1) is 16.3. The summed E-state index contributed by atoms with van der Waals surface area (Å²) >= 11 is 7.08. The largest absolute Gasteiger partial charge is 0.477 e. The number of ether oxygens (including phenoxy) is 2. The summed E-state index contributed by atoms with van der Waals surface area (Å²) in [7, 11) is 0. The van der Waals surface area contributed by atoms with Gasteiger partial charge in [0, 0.05) is 14.0 Å². The number of thiophene rings is 1. The molecule has 0 aliphatic carbocycles. The highest BCUT2D eigenvalue weighted by Gasteiger charge is 2.33. The minimum Gasteiger partial charge on any atom is -0.477 e. The first kappa shape index (κ1) is 25.1. The van der Waals surface area contributed by atoms with Crippen LogP contribution in [0.3, 0.4) is 0 Å². The van der Waals surface area contributed by atoms with Crippen LogP contribution in [0.15, 0.2) is 50.7 Å². The van der Waals surface area contributed by atoms with Gasteiger partial charge in [0.15, 0.2) is 11.4 Å². The Hall–Kier alpha value is -2.02. The Morgan fingerprint density at radius 1 is 1.38 bits per heavy atom. The molecule has 0 fully saturated rings. The Kier molecular flexibility index (Phi) is 7.90. The van der Waals surface area contributed by atoms with Gasteiger partial charge in [0.1, 0.15) is 17.9 Å². The molecule has 174 valence electrons. The number of rotatable bonds is 6. The van der Waals surface area contributed by atoms with Crippen LogP contribution >= 0.6 is 67.9 Å². The van der Waals surface area contributed by atoms with Crippen molar-refractivity contribution in [3.05, 3.63) is 78.2 Å². The van der Waals surface area contributed by atoms with E-state index in [9.17, 15) is 9.59 Å². The molecule has 0 radical (unpaired) electrons. The predicted octanol–water partition coefficient (Wildman–Crippen LogP) is 3.97. The summed E-state index contributed by atoms with van der Waals surface area (Å²) in [6.07, 6.45) is 1.76. The van der Waals surface area contributed by atoms with E-state index in [1.165, 1.54) is 22.7 Å². The van der Waals surface area contributed by atoms with Gasteiger partial charge in [-0.15, -0.1) is 11.3 Å². The molecule has 0 unspecified atom stereocenters. The molecular formula is C23H17I2N3O4S2. The van der Waals surface area contributed by atoms with E-state index in [1.807, 2.05) is 35.7 Å². The van der Waals surface area contributed by atoms with E-state index >= 15 is 0 Å². The zero-order valence-corrected chi connectivity index (χ0v) is 24.0. The van der Waals surface area contributed by atoms with E-state index < -0.39 is 12.0 Å². The van der Waals surface area contributed by atoms with Crippen molar-refractivity contribution in [3.8, 4) is 11.8 Å². The van der Waals surface area contributed by atoms with Crippen molar-refractivity contribution in [2.75, 3.05) is 13.2 Å². The van der Waals surface area contributed by atoms with Gasteiger partial charge in [0.25, 0.3) is 5.56 Å². The summed E-state index contributed by atoms with van der Waals surface area (Å²) in [5.74, 6) is 0.0717. The van der Waals surface area contributed by atoms with Gasteiger partial charge < -0.3 is 9.47 Å². The Morgan fingerprint density at radius 3 is 2.85 bits per heavy atom. The maximum absolute atomic E-state index is 13.7. The van der Waals surface area contributed by atoms with Crippen molar-refractivity contribution in [3.63, 3.8) is 0 Å². The molecule has 0 saturated heterocycles. The van der Waals surface area contributed by atoms with Crippen molar-refractivity contribution in [1.82, 2.24) is 4.57 Å². The van der Waals surface area contributed by atoms with Crippen LogP contribution in [0.2, 0.25) is 0 Å². The Labute approximate surface area is 230 Å². The van der Waals surface area contributed by atoms with Gasteiger partial charge in [0.05, 0.1) is 26.0 Å². The first-order valence-electron chi connectivity index (χ1n) is 10.1. The molecule has 0 bridgehead atoms. The highest BCUT2D eigenvalue weighted by Crippen LogP contribution is 2.33. The van der Waals surface area contributed by atoms with E-state index in [2.05, 4.69) is 50.2 Å². The molecule has 1 atom stereocenters. The van der Waals surface area contributed by atoms with Crippen LogP contribution < -0.4 is 19.6 Å². The smallest absolute Gasteiger partial charge is 0.338 e. The molecule has 7 nitrogen and oxygen atoms in total. The van der Waals surface area contributed by atoms with Gasteiger partial charge in [-0.2, -0.15) is 5.26 Å². The highest BCUT2D eigenvalue weighted by molar-refractivity contribution is 14.1. The summed E-state index contributed by atoms with van der Waals surface area (Å²) in [5.41, 5.74) is 1.35. The summed E-state index contributed by atoms with van der Waals surface area (Å²) in [5, 5.41) is 10.9. The van der Waals surface area contributed by atoms with Gasteiger partial charge in [-0.25, -0.2) is 9.79 Å². The molecule has 1 aliphatic heterocycles. The Morgan fingerprint density at radius 2 is 2.18 bits per heavy atom. The standard InChI is InChI=1S/C23H17I2N3O4S2/c1-3-31-22(30)18-12(2)27-23-28(19(18)16-5-4-8-33-16)21(29)17(34-23)10-13-9-14(24)11-15(25)20(13)32-7-6-26/h4-5,8-11,19H,3,7H2,1-2H3/b17-10-/t19-/m0/s1. The van der Waals surface area contributed by atoms with Crippen molar-refractivity contribution in [2.24, 2.45) is 4.99 Å². The molecule has 2 aromatic heterocycles. The topological polar surface area (TPSA) is 93.7 Å². The van der Waals surface area contributed by atoms with Gasteiger partial charge in [-0.3, -0.25) is 9.36 Å². The molecular weight excluding hydrogens is 700 g/mol. The zero-order valence-electron chi connectivity index (χ0n) is 18.0. The molecule has 1 aliphatic rings. The molecule has 0 spiro atoms. The number of thiazole rings is 1. The molecule has 3 aromatic rings. The second kappa shape index (κ2) is 10.7. The van der Waals surface area contributed by atoms with Gasteiger partial charge in [-0.05, 0) is 88.7 Å². The summed E-state index contributed by atoms with van der Waals surface area (Å²) in [6.45, 7) is 3.64. The molecule has 1 aromatic carbocycles. The fourth-order valence-corrected chi connectivity index (χ4v) is 7.50. The zero-order chi connectivity index (χ0) is 24.4. The van der Waals surface area contributed by atoms with Gasteiger partial charge >= 0.3 is 5.97 Å². The second-order valence-corrected chi connectivity index (χ2v) is 11.5. The van der Waals surface area contributed by atoms with Crippen molar-refractivity contribution >= 4 is 79.9 Å². The van der Waals surface area contributed by atoms with Gasteiger partial charge in [-0.1, -0.05) is 17.4 Å². The van der Waals surface area contributed by atoms with Crippen LogP contribution in [-0.2, 0) is 9.53 Å². The first-order valence-corrected chi connectivity index (χ1v) is 13.9. The molecule has 34 heavy (non-hydrogen) atoms. The van der Waals surface area contributed by atoms with Crippen LogP contribution in [0, 0.1) is 18.5 Å². The third-order valence-electron chi connectivity index (χ3n) is 4.93. The number of esters is 1. The van der Waals surface area contributed by atoms with Crippen LogP contribution in [0.25, 0.3) is 6.08 Å². The molecule has 0 saturated carbocycles. The predicted molar refractivity (Wildman–Crippen MR) is 148 cm³/mol. The van der Waals surface area contributed by atoms with Crippen molar-refractivity contribution in [2.45, 2.75) is 19.9 Å². The number of fused-ring (bicyclic) bond motifs is 1. The lowest BCUT2D eigenvalue weighted by molar-refractivity contribution is -0.139. The van der Waals surface area contributed by atoms with Crippen molar-refractivity contribution < 1.29 is 14.3 Å². The number of halogens is 2. The SMILES string of the molecule is CCOC(=O)C1=C(C)N=c2s/c(=C\c3cc(I)cc(I)c3OCC#N)c(=O)n2[C@H]1c1cccs1. The van der Waals surface area contributed by atoms with E-state index in [1.54, 1.807) is 24.5 Å². The maximum atomic E-state index is 13.7. The average molecular weight is 717 g/mol. The second-order valence-electron chi connectivity index (χ2n) is 7.07. The highest BCUT2D eigenvalue weighted by atomic mass is 127.